The third-order valence-corrected chi connectivity index (χ3v) is 5.31. The van der Waals surface area contributed by atoms with E-state index in [0.29, 0.717) is 11.8 Å². The van der Waals surface area contributed by atoms with Crippen LogP contribution in [0.15, 0.2) is 30.3 Å². The summed E-state index contributed by atoms with van der Waals surface area (Å²) < 4.78 is 0. The van der Waals surface area contributed by atoms with E-state index < -0.39 is 0 Å². The van der Waals surface area contributed by atoms with Gasteiger partial charge < -0.3 is 4.90 Å². The summed E-state index contributed by atoms with van der Waals surface area (Å²) in [6.45, 7) is 2.54. The predicted octanol–water partition coefficient (Wildman–Crippen LogP) is 3.84. The SMILES string of the molecule is O=C1CCC(C(CCc2ccccc2)N2CCCC2)CC1. The second-order valence-corrected chi connectivity index (χ2v) is 6.71. The topological polar surface area (TPSA) is 20.3 Å². The van der Waals surface area contributed by atoms with Gasteiger partial charge in [-0.15, -0.1) is 0 Å². The van der Waals surface area contributed by atoms with Crippen LogP contribution in [0.1, 0.15) is 50.5 Å². The minimum atomic E-state index is 0.481. The molecule has 2 heteroatoms. The highest BCUT2D eigenvalue weighted by atomic mass is 16.1. The lowest BCUT2D eigenvalue weighted by atomic mass is 9.80. The van der Waals surface area contributed by atoms with Crippen LogP contribution in [0.5, 0.6) is 0 Å². The number of Topliss-reactive ketones (excluding diaryl/α,β-unsaturated/α-hetero) is 1. The van der Waals surface area contributed by atoms with Crippen molar-refractivity contribution in [2.45, 2.75) is 57.4 Å². The van der Waals surface area contributed by atoms with Crippen LogP contribution in [0.3, 0.4) is 0 Å². The van der Waals surface area contributed by atoms with E-state index >= 15 is 0 Å². The molecule has 1 saturated heterocycles. The molecule has 1 heterocycles. The summed E-state index contributed by atoms with van der Waals surface area (Å²) >= 11 is 0. The molecule has 0 amide bonds. The average molecular weight is 285 g/mol. The van der Waals surface area contributed by atoms with Gasteiger partial charge in [0.25, 0.3) is 0 Å². The van der Waals surface area contributed by atoms with Gasteiger partial charge in [0, 0.05) is 18.9 Å². The summed E-state index contributed by atoms with van der Waals surface area (Å²) in [6.07, 6.45) is 9.01. The van der Waals surface area contributed by atoms with Crippen LogP contribution in [0.4, 0.5) is 0 Å². The number of rotatable bonds is 5. The number of hydrogen-bond acceptors (Lipinski definition) is 2. The molecule has 21 heavy (non-hydrogen) atoms. The number of aryl methyl sites for hydroxylation is 1. The van der Waals surface area contributed by atoms with E-state index in [1.165, 1.54) is 44.3 Å². The van der Waals surface area contributed by atoms with E-state index in [4.69, 9.17) is 0 Å². The zero-order chi connectivity index (χ0) is 14.5. The van der Waals surface area contributed by atoms with Crippen molar-refractivity contribution in [1.29, 1.82) is 0 Å². The molecule has 0 bridgehead atoms. The van der Waals surface area contributed by atoms with Gasteiger partial charge in [0.1, 0.15) is 5.78 Å². The maximum Gasteiger partial charge on any atom is 0.132 e. The first-order valence-corrected chi connectivity index (χ1v) is 8.62. The fourth-order valence-electron chi connectivity index (χ4n) is 4.10. The molecule has 0 radical (unpaired) electrons. The van der Waals surface area contributed by atoms with E-state index in [2.05, 4.69) is 35.2 Å². The molecular formula is C19H27NO. The molecule has 1 aliphatic carbocycles. The third-order valence-electron chi connectivity index (χ3n) is 5.31. The van der Waals surface area contributed by atoms with Gasteiger partial charge >= 0.3 is 0 Å². The Bertz CT molecular complexity index is 440. The molecule has 0 N–H and O–H groups in total. The Labute approximate surface area is 128 Å². The minimum Gasteiger partial charge on any atom is -0.300 e. The van der Waals surface area contributed by atoms with Crippen LogP contribution >= 0.6 is 0 Å². The quantitative estimate of drug-likeness (QED) is 0.819. The summed E-state index contributed by atoms with van der Waals surface area (Å²) in [7, 11) is 0. The van der Waals surface area contributed by atoms with Crippen molar-refractivity contribution in [3.05, 3.63) is 35.9 Å². The van der Waals surface area contributed by atoms with E-state index in [1.807, 2.05) is 0 Å². The number of carbonyl (C=O) groups is 1. The van der Waals surface area contributed by atoms with Crippen molar-refractivity contribution >= 4 is 5.78 Å². The third kappa shape index (κ3) is 3.94. The fourth-order valence-corrected chi connectivity index (χ4v) is 4.10. The minimum absolute atomic E-state index is 0.481. The summed E-state index contributed by atoms with van der Waals surface area (Å²) in [4.78, 5) is 14.2. The molecule has 2 nitrogen and oxygen atoms in total. The van der Waals surface area contributed by atoms with E-state index in [1.54, 1.807) is 0 Å². The summed E-state index contributed by atoms with van der Waals surface area (Å²) in [5.74, 6) is 1.22. The van der Waals surface area contributed by atoms with Crippen molar-refractivity contribution in [3.8, 4) is 0 Å². The zero-order valence-electron chi connectivity index (χ0n) is 13.0. The van der Waals surface area contributed by atoms with Crippen LogP contribution in [0, 0.1) is 5.92 Å². The number of hydrogen-bond donors (Lipinski definition) is 0. The highest BCUT2D eigenvalue weighted by Crippen LogP contribution is 2.31. The average Bonchev–Trinajstić information content (AvgIpc) is 3.04. The summed E-state index contributed by atoms with van der Waals surface area (Å²) in [5, 5.41) is 0. The standard InChI is InChI=1S/C19H27NO/c21-18-11-9-17(10-12-18)19(20-14-4-5-15-20)13-8-16-6-2-1-3-7-16/h1-3,6-7,17,19H,4-5,8-15H2. The Morgan fingerprint density at radius 3 is 2.38 bits per heavy atom. The molecule has 0 aromatic heterocycles. The lowest BCUT2D eigenvalue weighted by molar-refractivity contribution is -0.121. The van der Waals surface area contributed by atoms with E-state index in [9.17, 15) is 4.79 Å². The van der Waals surface area contributed by atoms with Crippen molar-refractivity contribution < 1.29 is 4.79 Å². The number of nitrogens with zero attached hydrogens (tertiary/aromatic N) is 1. The molecule has 1 aromatic rings. The maximum absolute atomic E-state index is 11.5. The van der Waals surface area contributed by atoms with Crippen LogP contribution < -0.4 is 0 Å². The Balaban J connectivity index is 1.62. The Morgan fingerprint density at radius 1 is 1.05 bits per heavy atom. The second-order valence-electron chi connectivity index (χ2n) is 6.71. The van der Waals surface area contributed by atoms with Crippen LogP contribution in [0.25, 0.3) is 0 Å². The molecule has 114 valence electrons. The predicted molar refractivity (Wildman–Crippen MR) is 86.3 cm³/mol. The van der Waals surface area contributed by atoms with E-state index in [-0.39, 0.29) is 0 Å². The first-order valence-electron chi connectivity index (χ1n) is 8.62. The fraction of sp³-hybridized carbons (Fsp3) is 0.632. The summed E-state index contributed by atoms with van der Waals surface area (Å²) in [5.41, 5.74) is 1.45. The lowest BCUT2D eigenvalue weighted by Crippen LogP contribution is -2.40. The Kier molecular flexibility index (Phi) is 5.08. The van der Waals surface area contributed by atoms with Gasteiger partial charge in [-0.3, -0.25) is 4.79 Å². The normalized spacial score (nSPS) is 22.6. The lowest BCUT2D eigenvalue weighted by Gasteiger charge is -2.36. The van der Waals surface area contributed by atoms with Gasteiger partial charge in [0.2, 0.25) is 0 Å². The number of carbonyl (C=O) groups excluding carboxylic acids is 1. The van der Waals surface area contributed by atoms with Gasteiger partial charge in [0.15, 0.2) is 0 Å². The van der Waals surface area contributed by atoms with Gasteiger partial charge in [-0.1, -0.05) is 30.3 Å². The molecule has 2 fully saturated rings. The van der Waals surface area contributed by atoms with Crippen LogP contribution in [-0.2, 0) is 11.2 Å². The van der Waals surface area contributed by atoms with Crippen molar-refractivity contribution in [1.82, 2.24) is 4.90 Å². The van der Waals surface area contributed by atoms with Crippen molar-refractivity contribution in [2.75, 3.05) is 13.1 Å². The molecule has 1 unspecified atom stereocenters. The van der Waals surface area contributed by atoms with Crippen molar-refractivity contribution in [2.24, 2.45) is 5.92 Å². The van der Waals surface area contributed by atoms with Crippen LogP contribution in [0.2, 0.25) is 0 Å². The zero-order valence-corrected chi connectivity index (χ0v) is 13.0. The molecular weight excluding hydrogens is 258 g/mol. The van der Waals surface area contributed by atoms with Gasteiger partial charge in [-0.05, 0) is 63.1 Å². The van der Waals surface area contributed by atoms with E-state index in [0.717, 1.165) is 31.6 Å². The molecule has 0 spiro atoms. The monoisotopic (exact) mass is 285 g/mol. The molecule has 3 rings (SSSR count). The number of likely N-dealkylation sites (tertiary alicyclic amines) is 1. The van der Waals surface area contributed by atoms with Crippen molar-refractivity contribution in [3.63, 3.8) is 0 Å². The molecule has 1 saturated carbocycles. The molecule has 1 aliphatic heterocycles. The van der Waals surface area contributed by atoms with Gasteiger partial charge in [-0.2, -0.15) is 0 Å². The smallest absolute Gasteiger partial charge is 0.132 e. The molecule has 1 aromatic carbocycles. The highest BCUT2D eigenvalue weighted by Gasteiger charge is 2.31. The first kappa shape index (κ1) is 14.8. The largest absolute Gasteiger partial charge is 0.300 e. The first-order chi connectivity index (χ1) is 10.3. The Morgan fingerprint density at radius 2 is 1.71 bits per heavy atom. The molecule has 1 atom stereocenters. The highest BCUT2D eigenvalue weighted by molar-refractivity contribution is 5.79. The van der Waals surface area contributed by atoms with Crippen LogP contribution in [-0.4, -0.2) is 29.8 Å². The Hall–Kier alpha value is -1.15. The number of benzene rings is 1. The molecule has 2 aliphatic rings. The second kappa shape index (κ2) is 7.22. The summed E-state index contributed by atoms with van der Waals surface area (Å²) in [6, 6.07) is 11.5. The number of ketones is 1. The van der Waals surface area contributed by atoms with Gasteiger partial charge in [0.05, 0.1) is 0 Å². The van der Waals surface area contributed by atoms with Gasteiger partial charge in [-0.25, -0.2) is 0 Å². The maximum atomic E-state index is 11.5.